The number of fused-ring (bicyclic) bond motifs is 1. The van der Waals surface area contributed by atoms with Crippen LogP contribution < -0.4 is 34.0 Å². The molecular formula is C39H41Cl2N3O8S. The van der Waals surface area contributed by atoms with Gasteiger partial charge < -0.3 is 28.6 Å². The smallest absolute Gasteiger partial charge is 0.343 e. The zero-order valence-electron chi connectivity index (χ0n) is 30.4. The van der Waals surface area contributed by atoms with E-state index < -0.39 is 18.0 Å². The highest BCUT2D eigenvalue weighted by Crippen LogP contribution is 2.37. The van der Waals surface area contributed by atoms with Crippen molar-refractivity contribution in [2.45, 2.75) is 47.3 Å². The molecule has 5 rings (SSSR count). The fraction of sp³-hybridized carbons (Fsp3) is 0.333. The number of nitrogens with zero attached hydrogens (tertiary/aromatic N) is 3. The topological polar surface area (TPSA) is 118 Å². The summed E-state index contributed by atoms with van der Waals surface area (Å²) in [6, 6.07) is 15.2. The molecule has 280 valence electrons. The van der Waals surface area contributed by atoms with Crippen LogP contribution in [-0.2, 0) is 25.7 Å². The molecule has 0 fully saturated rings. The highest BCUT2D eigenvalue weighted by Gasteiger charge is 2.34. The van der Waals surface area contributed by atoms with Crippen molar-refractivity contribution in [2.24, 2.45) is 4.99 Å². The summed E-state index contributed by atoms with van der Waals surface area (Å²) in [4.78, 5) is 47.1. The Hall–Kier alpha value is -4.78. The summed E-state index contributed by atoms with van der Waals surface area (Å²) in [5.74, 6) is 0.0182. The summed E-state index contributed by atoms with van der Waals surface area (Å²) < 4.78 is 30.0. The first kappa shape index (κ1) is 39.4. The molecule has 2 heterocycles. The minimum absolute atomic E-state index is 0.130. The second kappa shape index (κ2) is 17.8. The number of rotatable bonds is 15. The van der Waals surface area contributed by atoms with Crippen LogP contribution in [0, 0.1) is 0 Å². The van der Waals surface area contributed by atoms with Gasteiger partial charge in [-0.3, -0.25) is 9.36 Å². The van der Waals surface area contributed by atoms with Crippen LogP contribution in [0.2, 0.25) is 10.0 Å². The highest BCUT2D eigenvalue weighted by atomic mass is 35.5. The SMILES string of the molecule is CCOC(=O)C1=C(C)N=c2s/c(=C/c3ccc(N(CC)CC)cc3OCc3ccc(Cl)cc3Cl)c(=O)n2[C@@H]1c1ccc(OCC(=O)OC)c(OCC)c1. The van der Waals surface area contributed by atoms with Crippen molar-refractivity contribution >= 4 is 58.2 Å². The molecule has 0 N–H and O–H groups in total. The molecule has 4 aromatic rings. The van der Waals surface area contributed by atoms with Crippen LogP contribution in [0.1, 0.15) is 57.4 Å². The molecule has 53 heavy (non-hydrogen) atoms. The van der Waals surface area contributed by atoms with Gasteiger partial charge in [0.1, 0.15) is 12.4 Å². The van der Waals surface area contributed by atoms with Crippen LogP contribution in [0.5, 0.6) is 17.2 Å². The molecule has 0 saturated heterocycles. The van der Waals surface area contributed by atoms with Crippen molar-refractivity contribution in [1.29, 1.82) is 0 Å². The molecule has 0 bridgehead atoms. The number of methoxy groups -OCH3 is 1. The number of allylic oxidation sites excluding steroid dienone is 1. The lowest BCUT2D eigenvalue weighted by molar-refractivity contribution is -0.143. The molecule has 1 aliphatic heterocycles. The van der Waals surface area contributed by atoms with E-state index in [2.05, 4.69) is 18.7 Å². The first-order valence-electron chi connectivity index (χ1n) is 17.1. The summed E-state index contributed by atoms with van der Waals surface area (Å²) in [6.45, 7) is 11.3. The van der Waals surface area contributed by atoms with Gasteiger partial charge >= 0.3 is 11.9 Å². The van der Waals surface area contributed by atoms with Gasteiger partial charge in [-0.2, -0.15) is 0 Å². The van der Waals surface area contributed by atoms with Crippen molar-refractivity contribution in [3.8, 4) is 17.2 Å². The molecule has 0 radical (unpaired) electrons. The standard InChI is InChI=1S/C39H41Cl2N3O8S/c1-7-43(8-2)28-15-12-24(31(20-28)51-21-26-11-14-27(40)19-29(26)41)18-33-37(46)44-36(35(38(47)50-10-4)23(5)42-39(44)53-33)25-13-16-30(32(17-25)49-9-3)52-22-34(45)48-6/h11-20,36H,7-10,21-22H2,1-6H3/b33-18+/t36-/m1/s1. The molecule has 0 amide bonds. The highest BCUT2D eigenvalue weighted by molar-refractivity contribution is 7.07. The van der Waals surface area contributed by atoms with Crippen LogP contribution in [0.15, 0.2) is 75.7 Å². The zero-order valence-corrected chi connectivity index (χ0v) is 32.7. The number of anilines is 1. The number of aromatic nitrogens is 1. The zero-order chi connectivity index (χ0) is 38.2. The van der Waals surface area contributed by atoms with Crippen molar-refractivity contribution in [3.05, 3.63) is 112 Å². The number of benzene rings is 3. The second-order valence-electron chi connectivity index (χ2n) is 11.7. The molecule has 0 aliphatic carbocycles. The van der Waals surface area contributed by atoms with E-state index in [0.717, 1.165) is 24.3 Å². The normalized spacial score (nSPS) is 14.0. The maximum absolute atomic E-state index is 14.5. The van der Waals surface area contributed by atoms with Gasteiger partial charge in [-0.05, 0) is 82.7 Å². The second-order valence-corrected chi connectivity index (χ2v) is 13.6. The lowest BCUT2D eigenvalue weighted by Crippen LogP contribution is -2.40. The number of hydrogen-bond donors (Lipinski definition) is 0. The van der Waals surface area contributed by atoms with E-state index in [-0.39, 0.29) is 31.0 Å². The molecule has 11 nitrogen and oxygen atoms in total. The van der Waals surface area contributed by atoms with Gasteiger partial charge in [0, 0.05) is 46.0 Å². The molecule has 1 atom stereocenters. The first-order chi connectivity index (χ1) is 25.5. The molecule has 0 unspecified atom stereocenters. The van der Waals surface area contributed by atoms with Crippen molar-refractivity contribution in [1.82, 2.24) is 4.57 Å². The van der Waals surface area contributed by atoms with Gasteiger partial charge in [-0.1, -0.05) is 46.7 Å². The van der Waals surface area contributed by atoms with Crippen molar-refractivity contribution in [3.63, 3.8) is 0 Å². The van der Waals surface area contributed by atoms with Gasteiger partial charge in [0.2, 0.25) is 0 Å². The van der Waals surface area contributed by atoms with E-state index in [1.165, 1.54) is 23.0 Å². The predicted octanol–water partition coefficient (Wildman–Crippen LogP) is 6.48. The quantitative estimate of drug-likeness (QED) is 0.125. The number of halogens is 2. The number of carbonyl (C=O) groups excluding carboxylic acids is 2. The van der Waals surface area contributed by atoms with Crippen molar-refractivity contribution < 1.29 is 33.3 Å². The number of carbonyl (C=O) groups is 2. The van der Waals surface area contributed by atoms with E-state index in [4.69, 9.17) is 51.9 Å². The van der Waals surface area contributed by atoms with E-state index in [1.807, 2.05) is 31.2 Å². The lowest BCUT2D eigenvalue weighted by Gasteiger charge is -2.25. The summed E-state index contributed by atoms with van der Waals surface area (Å²) in [7, 11) is 1.27. The third-order valence-electron chi connectivity index (χ3n) is 8.48. The summed E-state index contributed by atoms with van der Waals surface area (Å²) in [5.41, 5.74) is 3.20. The Labute approximate surface area is 321 Å². The van der Waals surface area contributed by atoms with Gasteiger partial charge in [0.25, 0.3) is 5.56 Å². The van der Waals surface area contributed by atoms with Gasteiger partial charge in [-0.25, -0.2) is 14.6 Å². The maximum atomic E-state index is 14.5. The Morgan fingerprint density at radius 3 is 2.38 bits per heavy atom. The third kappa shape index (κ3) is 8.89. The fourth-order valence-electron chi connectivity index (χ4n) is 5.87. The average Bonchev–Trinajstić information content (AvgIpc) is 3.44. The number of thiazole rings is 1. The average molecular weight is 783 g/mol. The molecule has 3 aromatic carbocycles. The fourth-order valence-corrected chi connectivity index (χ4v) is 7.37. The van der Waals surface area contributed by atoms with E-state index in [1.54, 1.807) is 50.3 Å². The van der Waals surface area contributed by atoms with Gasteiger partial charge in [0.15, 0.2) is 22.9 Å². The third-order valence-corrected chi connectivity index (χ3v) is 10.1. The van der Waals surface area contributed by atoms with E-state index in [9.17, 15) is 14.4 Å². The van der Waals surface area contributed by atoms with Crippen LogP contribution >= 0.6 is 34.5 Å². The first-order valence-corrected chi connectivity index (χ1v) is 18.7. The van der Waals surface area contributed by atoms with Gasteiger partial charge in [0.05, 0.1) is 42.2 Å². The molecule has 0 saturated carbocycles. The summed E-state index contributed by atoms with van der Waals surface area (Å²) >= 11 is 13.8. The van der Waals surface area contributed by atoms with Crippen molar-refractivity contribution in [2.75, 3.05) is 44.9 Å². The number of esters is 2. The Balaban J connectivity index is 1.65. The maximum Gasteiger partial charge on any atom is 0.343 e. The molecule has 1 aliphatic rings. The molecule has 14 heteroatoms. The van der Waals surface area contributed by atoms with Crippen LogP contribution in [0.4, 0.5) is 5.69 Å². The number of ether oxygens (including phenoxy) is 5. The Morgan fingerprint density at radius 2 is 1.70 bits per heavy atom. The summed E-state index contributed by atoms with van der Waals surface area (Å²) in [5, 5.41) is 1.01. The number of hydrogen-bond acceptors (Lipinski definition) is 11. The Kier molecular flexibility index (Phi) is 13.3. The molecule has 0 spiro atoms. The van der Waals surface area contributed by atoms with Crippen LogP contribution in [0.3, 0.4) is 0 Å². The largest absolute Gasteiger partial charge is 0.490 e. The van der Waals surface area contributed by atoms with Crippen LogP contribution in [0.25, 0.3) is 6.08 Å². The predicted molar refractivity (Wildman–Crippen MR) is 206 cm³/mol. The minimum Gasteiger partial charge on any atom is -0.490 e. The molecular weight excluding hydrogens is 741 g/mol. The Bertz CT molecular complexity index is 2210. The van der Waals surface area contributed by atoms with E-state index >= 15 is 0 Å². The Morgan fingerprint density at radius 1 is 0.925 bits per heavy atom. The minimum atomic E-state index is -0.908. The van der Waals surface area contributed by atoms with Crippen LogP contribution in [-0.4, -0.2) is 56.5 Å². The van der Waals surface area contributed by atoms with E-state index in [0.29, 0.717) is 60.1 Å². The summed E-state index contributed by atoms with van der Waals surface area (Å²) in [6.07, 6.45) is 1.77. The lowest BCUT2D eigenvalue weighted by atomic mass is 9.95. The molecule has 1 aromatic heterocycles. The monoisotopic (exact) mass is 781 g/mol. The van der Waals surface area contributed by atoms with Gasteiger partial charge in [-0.15, -0.1) is 0 Å².